The number of ether oxygens (including phenoxy) is 1. The molecule has 0 amide bonds. The van der Waals surface area contributed by atoms with E-state index in [2.05, 4.69) is 4.98 Å². The minimum Gasteiger partial charge on any atom is -0.394 e. The van der Waals surface area contributed by atoms with E-state index in [4.69, 9.17) is 15.3 Å². The third-order valence-electron chi connectivity index (χ3n) is 2.52. The Morgan fingerprint density at radius 1 is 1.69 bits per heavy atom. The van der Waals surface area contributed by atoms with E-state index in [1.807, 2.05) is 0 Å². The van der Waals surface area contributed by atoms with Gasteiger partial charge in [0, 0.05) is 12.6 Å². The van der Waals surface area contributed by atoms with Crippen LogP contribution in [0, 0.1) is 5.41 Å². The zero-order valence-corrected chi connectivity index (χ0v) is 8.41. The minimum absolute atomic E-state index is 0.112. The van der Waals surface area contributed by atoms with Gasteiger partial charge in [0.15, 0.2) is 5.49 Å². The summed E-state index contributed by atoms with van der Waals surface area (Å²) in [6.07, 6.45) is -0.475. The molecule has 1 aromatic rings. The molecule has 1 aliphatic rings. The summed E-state index contributed by atoms with van der Waals surface area (Å²) in [6, 6.07) is 0.770. The van der Waals surface area contributed by atoms with Crippen LogP contribution in [0.25, 0.3) is 0 Å². The Morgan fingerprint density at radius 3 is 3.00 bits per heavy atom. The summed E-state index contributed by atoms with van der Waals surface area (Å²) in [6.45, 7) is -0.295. The van der Waals surface area contributed by atoms with Crippen LogP contribution in [0.15, 0.2) is 12.3 Å². The smallest absolute Gasteiger partial charge is 0.351 e. The fraction of sp³-hybridized carbons (Fsp3) is 0.556. The summed E-state index contributed by atoms with van der Waals surface area (Å²) in [5.74, 6) is 0. The molecule has 1 aromatic heterocycles. The van der Waals surface area contributed by atoms with E-state index >= 15 is 0 Å². The first-order valence-electron chi connectivity index (χ1n) is 4.87. The summed E-state index contributed by atoms with van der Waals surface area (Å²) in [5, 5.41) is 37.0. The van der Waals surface area contributed by atoms with Crippen LogP contribution in [0.5, 0.6) is 6.01 Å². The standard InChI is InChI=1S/C9H12N3O4/c10-7-1-2-12(9(15)11-7)8-3-5(14)6(4-13)16-8/h1-2,5-6,8,10,13-14H,3-4H2/t5-,6+,8+/m0/s1. The summed E-state index contributed by atoms with van der Waals surface area (Å²) < 4.78 is 6.50. The summed E-state index contributed by atoms with van der Waals surface area (Å²) in [4.78, 5) is 3.44. The number of nitrogens with one attached hydrogen (secondary N) is 1. The molecule has 3 atom stereocenters. The van der Waals surface area contributed by atoms with Crippen LogP contribution in [0.3, 0.4) is 0 Å². The van der Waals surface area contributed by atoms with Crippen LogP contribution in [0.2, 0.25) is 0 Å². The molecule has 1 saturated heterocycles. The van der Waals surface area contributed by atoms with E-state index < -0.39 is 24.4 Å². The normalized spacial score (nSPS) is 29.5. The number of aromatic nitrogens is 2. The Balaban J connectivity index is 2.23. The first kappa shape index (κ1) is 11.1. The highest BCUT2D eigenvalue weighted by molar-refractivity contribution is 4.98. The molecule has 16 heavy (non-hydrogen) atoms. The zero-order valence-electron chi connectivity index (χ0n) is 8.41. The largest absolute Gasteiger partial charge is 0.394 e. The lowest BCUT2D eigenvalue weighted by molar-refractivity contribution is -0.0480. The van der Waals surface area contributed by atoms with Crippen LogP contribution < -0.4 is 5.49 Å². The molecule has 0 aromatic carbocycles. The maximum atomic E-state index is 11.4. The molecule has 1 aliphatic heterocycles. The van der Waals surface area contributed by atoms with Crippen LogP contribution in [0.1, 0.15) is 12.6 Å². The number of aliphatic hydroxyl groups excluding tert-OH is 2. The Morgan fingerprint density at radius 2 is 2.44 bits per heavy atom. The fourth-order valence-electron chi connectivity index (χ4n) is 1.68. The molecule has 87 valence electrons. The van der Waals surface area contributed by atoms with Crippen LogP contribution >= 0.6 is 0 Å². The molecule has 2 rings (SSSR count). The number of hydrogen-bond acceptors (Lipinski definition) is 5. The highest BCUT2D eigenvalue weighted by atomic mass is 16.5. The van der Waals surface area contributed by atoms with Crippen LogP contribution in [-0.2, 0) is 9.84 Å². The van der Waals surface area contributed by atoms with Crippen molar-refractivity contribution < 1.29 is 20.1 Å². The average Bonchev–Trinajstić information content (AvgIpc) is 2.59. The van der Waals surface area contributed by atoms with Gasteiger partial charge in [-0.05, 0) is 6.07 Å². The molecule has 0 unspecified atom stereocenters. The SMILES string of the molecule is N=c1ccn([C@H]2C[C@H](O)[C@@H](CO)O2)c([O])n1. The lowest BCUT2D eigenvalue weighted by Gasteiger charge is -2.14. The summed E-state index contributed by atoms with van der Waals surface area (Å²) >= 11 is 0. The van der Waals surface area contributed by atoms with Crippen LogP contribution in [0.4, 0.5) is 0 Å². The van der Waals surface area contributed by atoms with Crippen LogP contribution in [-0.4, -0.2) is 38.6 Å². The molecule has 0 aliphatic carbocycles. The maximum Gasteiger partial charge on any atom is 0.351 e. The molecular formula is C9H12N3O4. The monoisotopic (exact) mass is 226 g/mol. The summed E-state index contributed by atoms with van der Waals surface area (Å²) in [7, 11) is 0. The van der Waals surface area contributed by atoms with Gasteiger partial charge in [0.1, 0.15) is 12.3 Å². The van der Waals surface area contributed by atoms with Gasteiger partial charge in [-0.1, -0.05) is 0 Å². The third-order valence-corrected chi connectivity index (χ3v) is 2.52. The molecule has 1 fully saturated rings. The van der Waals surface area contributed by atoms with Gasteiger partial charge < -0.3 is 14.9 Å². The predicted molar refractivity (Wildman–Crippen MR) is 49.8 cm³/mol. The topological polar surface area (TPSA) is 111 Å². The van der Waals surface area contributed by atoms with Crippen molar-refractivity contribution in [2.24, 2.45) is 0 Å². The molecule has 7 nitrogen and oxygen atoms in total. The van der Waals surface area contributed by atoms with Gasteiger partial charge in [-0.2, -0.15) is 4.98 Å². The van der Waals surface area contributed by atoms with Crippen molar-refractivity contribution in [1.82, 2.24) is 9.55 Å². The molecule has 2 heterocycles. The number of nitrogens with zero attached hydrogens (tertiary/aromatic N) is 2. The van der Waals surface area contributed by atoms with E-state index in [0.717, 1.165) is 0 Å². The number of aliphatic hydroxyl groups is 2. The first-order valence-corrected chi connectivity index (χ1v) is 4.87. The Kier molecular flexibility index (Phi) is 2.90. The van der Waals surface area contributed by atoms with Gasteiger partial charge >= 0.3 is 6.01 Å². The van der Waals surface area contributed by atoms with E-state index in [0.29, 0.717) is 0 Å². The van der Waals surface area contributed by atoms with Crippen molar-refractivity contribution >= 4 is 0 Å². The Bertz CT molecular complexity index is 433. The predicted octanol–water partition coefficient (Wildman–Crippen LogP) is -0.853. The molecule has 0 bridgehead atoms. The second-order valence-corrected chi connectivity index (χ2v) is 3.62. The van der Waals surface area contributed by atoms with Crippen molar-refractivity contribution in [3.05, 3.63) is 17.8 Å². The van der Waals surface area contributed by atoms with Gasteiger partial charge in [0.2, 0.25) is 0 Å². The Hall–Kier alpha value is -1.44. The van der Waals surface area contributed by atoms with Crippen molar-refractivity contribution in [2.45, 2.75) is 24.9 Å². The van der Waals surface area contributed by atoms with E-state index in [1.54, 1.807) is 0 Å². The minimum atomic E-state index is -0.794. The average molecular weight is 226 g/mol. The van der Waals surface area contributed by atoms with Gasteiger partial charge in [-0.15, -0.1) is 0 Å². The van der Waals surface area contributed by atoms with Crippen molar-refractivity contribution in [3.8, 4) is 6.01 Å². The molecule has 3 N–H and O–H groups in total. The van der Waals surface area contributed by atoms with Gasteiger partial charge in [-0.25, -0.2) is 5.11 Å². The number of hydrogen-bond donors (Lipinski definition) is 3. The third kappa shape index (κ3) is 1.92. The second kappa shape index (κ2) is 4.20. The quantitative estimate of drug-likeness (QED) is 0.609. The van der Waals surface area contributed by atoms with Gasteiger partial charge in [0.05, 0.1) is 12.7 Å². The second-order valence-electron chi connectivity index (χ2n) is 3.62. The molecule has 1 radical (unpaired) electrons. The number of rotatable bonds is 2. The molecular weight excluding hydrogens is 214 g/mol. The van der Waals surface area contributed by atoms with Crippen molar-refractivity contribution in [1.29, 1.82) is 5.41 Å². The van der Waals surface area contributed by atoms with Crippen molar-refractivity contribution in [2.75, 3.05) is 6.61 Å². The van der Waals surface area contributed by atoms with Gasteiger partial charge in [0.25, 0.3) is 0 Å². The highest BCUT2D eigenvalue weighted by Crippen LogP contribution is 2.30. The molecule has 0 spiro atoms. The Labute approximate surface area is 91.1 Å². The highest BCUT2D eigenvalue weighted by Gasteiger charge is 2.35. The fourth-order valence-corrected chi connectivity index (χ4v) is 1.68. The van der Waals surface area contributed by atoms with Gasteiger partial charge in [-0.3, -0.25) is 9.98 Å². The van der Waals surface area contributed by atoms with Crippen molar-refractivity contribution in [3.63, 3.8) is 0 Å². The maximum absolute atomic E-state index is 11.4. The van der Waals surface area contributed by atoms with E-state index in [-0.39, 0.29) is 18.5 Å². The first-order chi connectivity index (χ1) is 7.61. The van der Waals surface area contributed by atoms with E-state index in [1.165, 1.54) is 16.8 Å². The summed E-state index contributed by atoms with van der Waals surface area (Å²) in [5.41, 5.74) is -0.112. The zero-order chi connectivity index (χ0) is 11.7. The lowest BCUT2D eigenvalue weighted by Crippen LogP contribution is -2.24. The van der Waals surface area contributed by atoms with E-state index in [9.17, 15) is 10.2 Å². The molecule has 0 saturated carbocycles. The molecule has 7 heteroatoms. The lowest BCUT2D eigenvalue weighted by atomic mass is 10.2.